The number of hydrogen-bond acceptors (Lipinski definition) is 7. The van der Waals surface area contributed by atoms with Gasteiger partial charge in [-0.25, -0.2) is 4.79 Å². The summed E-state index contributed by atoms with van der Waals surface area (Å²) in [7, 11) is 4.94. The number of hydrogen-bond donors (Lipinski definition) is 0. The summed E-state index contributed by atoms with van der Waals surface area (Å²) in [6.07, 6.45) is 7.18. The number of methoxy groups -OCH3 is 2. The average Bonchev–Trinajstić information content (AvgIpc) is 2.90. The van der Waals surface area contributed by atoms with Crippen LogP contribution in [0.4, 0.5) is 4.79 Å². The third-order valence-electron chi connectivity index (χ3n) is 6.97. The van der Waals surface area contributed by atoms with Crippen LogP contribution in [0.2, 0.25) is 0 Å². The normalized spacial score (nSPS) is 14.4. The van der Waals surface area contributed by atoms with Crippen molar-refractivity contribution in [1.29, 1.82) is 0 Å². The molecule has 1 saturated heterocycles. The maximum atomic E-state index is 13.4. The highest BCUT2D eigenvalue weighted by molar-refractivity contribution is 5.69. The molecular weight excluding hydrogens is 460 g/mol. The lowest BCUT2D eigenvalue weighted by molar-refractivity contribution is -0.141. The summed E-state index contributed by atoms with van der Waals surface area (Å²) in [6.45, 7) is 2.96. The van der Waals surface area contributed by atoms with Crippen molar-refractivity contribution in [2.24, 2.45) is 5.92 Å². The molecule has 0 unspecified atom stereocenters. The molecule has 2 rings (SSSR count). The third kappa shape index (κ3) is 11.4. The molecule has 0 atom stereocenters. The Labute approximate surface area is 216 Å². The van der Waals surface area contributed by atoms with E-state index >= 15 is 0 Å². The van der Waals surface area contributed by atoms with Gasteiger partial charge >= 0.3 is 18.0 Å². The topological polar surface area (TPSA) is 85.4 Å². The van der Waals surface area contributed by atoms with Crippen LogP contribution in [-0.2, 0) is 30.4 Å². The minimum atomic E-state index is -0.288. The number of nitrogens with zero attached hydrogens (tertiary/aromatic N) is 2. The number of esters is 2. The second kappa shape index (κ2) is 17.0. The Bertz CT molecular complexity index is 756. The number of likely N-dealkylation sites (tertiary alicyclic amines) is 1. The fourth-order valence-electron chi connectivity index (χ4n) is 4.66. The van der Waals surface area contributed by atoms with Gasteiger partial charge in [-0.15, -0.1) is 0 Å². The first kappa shape index (κ1) is 29.6. The molecule has 0 spiro atoms. The Morgan fingerprint density at radius 1 is 0.917 bits per heavy atom. The van der Waals surface area contributed by atoms with Crippen LogP contribution in [-0.4, -0.2) is 74.8 Å². The molecule has 36 heavy (non-hydrogen) atoms. The lowest BCUT2D eigenvalue weighted by Gasteiger charge is -2.37. The maximum Gasteiger partial charge on any atom is 0.410 e. The largest absolute Gasteiger partial charge is 0.469 e. The first-order chi connectivity index (χ1) is 17.4. The van der Waals surface area contributed by atoms with E-state index in [1.54, 1.807) is 0 Å². The molecule has 0 bridgehead atoms. The van der Waals surface area contributed by atoms with E-state index in [0.29, 0.717) is 38.1 Å². The van der Waals surface area contributed by atoms with E-state index in [1.165, 1.54) is 14.2 Å². The van der Waals surface area contributed by atoms with Crippen molar-refractivity contribution in [2.75, 3.05) is 40.9 Å². The van der Waals surface area contributed by atoms with Gasteiger partial charge < -0.3 is 24.0 Å². The molecular formula is C28H44N2O6. The maximum absolute atomic E-state index is 13.4. The molecule has 0 aromatic heterocycles. The lowest BCUT2D eigenvalue weighted by Crippen LogP contribution is -2.45. The zero-order valence-corrected chi connectivity index (χ0v) is 22.3. The fraction of sp³-hybridized carbons (Fsp3) is 0.679. The number of carbonyl (C=O) groups is 3. The molecule has 1 aliphatic heterocycles. The molecule has 0 saturated carbocycles. The molecule has 0 N–H and O–H groups in total. The Hall–Kier alpha value is -2.61. The second-order valence-electron chi connectivity index (χ2n) is 9.74. The number of piperidine rings is 1. The van der Waals surface area contributed by atoms with Gasteiger partial charge in [0.15, 0.2) is 0 Å². The smallest absolute Gasteiger partial charge is 0.410 e. The van der Waals surface area contributed by atoms with E-state index in [1.807, 2.05) is 35.2 Å². The molecule has 1 aromatic carbocycles. The number of ether oxygens (including phenoxy) is 3. The van der Waals surface area contributed by atoms with E-state index in [0.717, 1.165) is 57.2 Å². The highest BCUT2D eigenvalue weighted by atomic mass is 16.6. The Morgan fingerprint density at radius 3 is 2.00 bits per heavy atom. The van der Waals surface area contributed by atoms with Crippen LogP contribution in [0, 0.1) is 5.92 Å². The fourth-order valence-corrected chi connectivity index (χ4v) is 4.66. The first-order valence-electron chi connectivity index (χ1n) is 13.2. The Morgan fingerprint density at radius 2 is 1.47 bits per heavy atom. The predicted molar refractivity (Wildman–Crippen MR) is 138 cm³/mol. The first-order valence-corrected chi connectivity index (χ1v) is 13.2. The number of unbranched alkanes of at least 4 members (excludes halogenated alkanes) is 2. The summed E-state index contributed by atoms with van der Waals surface area (Å²) in [5.74, 6) is 0.00303. The van der Waals surface area contributed by atoms with Crippen molar-refractivity contribution >= 4 is 18.0 Å². The van der Waals surface area contributed by atoms with Crippen molar-refractivity contribution in [3.63, 3.8) is 0 Å². The van der Waals surface area contributed by atoms with Gasteiger partial charge in [-0.3, -0.25) is 9.59 Å². The van der Waals surface area contributed by atoms with Crippen molar-refractivity contribution in [3.8, 4) is 0 Å². The summed E-state index contributed by atoms with van der Waals surface area (Å²) in [5, 5.41) is 0. The molecule has 1 amide bonds. The highest BCUT2D eigenvalue weighted by Gasteiger charge is 2.29. The van der Waals surface area contributed by atoms with E-state index in [2.05, 4.69) is 11.9 Å². The van der Waals surface area contributed by atoms with Gasteiger partial charge in [0.2, 0.25) is 0 Å². The van der Waals surface area contributed by atoms with Crippen molar-refractivity contribution in [1.82, 2.24) is 9.80 Å². The summed E-state index contributed by atoms with van der Waals surface area (Å²) in [5.41, 5.74) is 0.956. The lowest BCUT2D eigenvalue weighted by atomic mass is 9.94. The van der Waals surface area contributed by atoms with Gasteiger partial charge in [-0.1, -0.05) is 43.2 Å². The summed E-state index contributed by atoms with van der Waals surface area (Å²) >= 11 is 0. The summed E-state index contributed by atoms with van der Waals surface area (Å²) in [4.78, 5) is 40.8. The molecule has 1 aliphatic rings. The van der Waals surface area contributed by atoms with Gasteiger partial charge in [0.1, 0.15) is 6.61 Å². The van der Waals surface area contributed by atoms with Crippen molar-refractivity contribution < 1.29 is 28.6 Å². The minimum Gasteiger partial charge on any atom is -0.469 e. The van der Waals surface area contributed by atoms with Crippen LogP contribution in [0.25, 0.3) is 0 Å². The molecule has 202 valence electrons. The Balaban J connectivity index is 2.08. The summed E-state index contributed by atoms with van der Waals surface area (Å²) in [6, 6.07) is 9.70. The molecule has 0 aliphatic carbocycles. The second-order valence-corrected chi connectivity index (χ2v) is 9.74. The monoisotopic (exact) mass is 504 g/mol. The molecule has 0 radical (unpaired) electrons. The van der Waals surface area contributed by atoms with Crippen LogP contribution in [0.15, 0.2) is 30.3 Å². The zero-order valence-electron chi connectivity index (χ0n) is 22.3. The van der Waals surface area contributed by atoms with E-state index < -0.39 is 0 Å². The highest BCUT2D eigenvalue weighted by Crippen LogP contribution is 2.24. The SMILES string of the molecule is COC(=O)CCCCC(CCCCC(=O)OC)N(CC1CCN(C)CC1)C(=O)OCc1ccccc1. The number of amides is 1. The van der Waals surface area contributed by atoms with Gasteiger partial charge in [0.05, 0.1) is 14.2 Å². The third-order valence-corrected chi connectivity index (χ3v) is 6.97. The minimum absolute atomic E-state index is 0.0109. The number of rotatable bonds is 15. The van der Waals surface area contributed by atoms with Crippen LogP contribution in [0.3, 0.4) is 0 Å². The average molecular weight is 505 g/mol. The van der Waals surface area contributed by atoms with Crippen LogP contribution in [0.5, 0.6) is 0 Å². The zero-order chi connectivity index (χ0) is 26.2. The van der Waals surface area contributed by atoms with Gasteiger partial charge in [-0.05, 0) is 70.1 Å². The van der Waals surface area contributed by atoms with E-state index in [-0.39, 0.29) is 30.7 Å². The molecule has 1 fully saturated rings. The van der Waals surface area contributed by atoms with Crippen molar-refractivity contribution in [2.45, 2.75) is 76.9 Å². The summed E-state index contributed by atoms with van der Waals surface area (Å²) < 4.78 is 15.3. The van der Waals surface area contributed by atoms with E-state index in [9.17, 15) is 14.4 Å². The predicted octanol–water partition coefficient (Wildman–Crippen LogP) is 4.80. The molecule has 1 heterocycles. The number of carbonyl (C=O) groups excluding carboxylic acids is 3. The van der Waals surface area contributed by atoms with Gasteiger partial charge in [0, 0.05) is 25.4 Å². The van der Waals surface area contributed by atoms with Gasteiger partial charge in [0.25, 0.3) is 0 Å². The molecule has 1 aromatic rings. The Kier molecular flexibility index (Phi) is 13.9. The van der Waals surface area contributed by atoms with E-state index in [4.69, 9.17) is 14.2 Å². The van der Waals surface area contributed by atoms with Gasteiger partial charge in [-0.2, -0.15) is 0 Å². The molecule has 8 heteroatoms. The quantitative estimate of drug-likeness (QED) is 0.193. The van der Waals surface area contributed by atoms with Crippen LogP contribution in [0.1, 0.15) is 69.8 Å². The molecule has 8 nitrogen and oxygen atoms in total. The van der Waals surface area contributed by atoms with Crippen molar-refractivity contribution in [3.05, 3.63) is 35.9 Å². The standard InChI is InChI=1S/C28H44N2O6/c1-29-19-17-23(18-20-29)21-30(28(33)36-22-24-11-5-4-6-12-24)25(13-7-9-15-26(31)34-2)14-8-10-16-27(32)35-3/h4-6,11-12,23,25H,7-10,13-22H2,1-3H3. The van der Waals surface area contributed by atoms with Crippen LogP contribution < -0.4 is 0 Å². The van der Waals surface area contributed by atoms with Crippen LogP contribution >= 0.6 is 0 Å². The number of benzene rings is 1.